The summed E-state index contributed by atoms with van der Waals surface area (Å²) in [5, 5.41) is 9.15. The molecule has 0 amide bonds. The second kappa shape index (κ2) is 9.88. The number of carboxylic acid groups (broad SMARTS) is 1. The van der Waals surface area contributed by atoms with Gasteiger partial charge in [-0.3, -0.25) is 4.79 Å². The van der Waals surface area contributed by atoms with E-state index in [9.17, 15) is 9.59 Å². The molecule has 0 bridgehead atoms. The van der Waals surface area contributed by atoms with E-state index < -0.39 is 12.1 Å². The molecule has 1 unspecified atom stereocenters. The minimum Gasteiger partial charge on any atom is -0.492 e. The molecular formula is C32H29FO6. The van der Waals surface area contributed by atoms with Gasteiger partial charge < -0.3 is 19.3 Å². The second-order valence-electron chi connectivity index (χ2n) is 10.5. The molecule has 3 aromatic rings. The van der Waals surface area contributed by atoms with Gasteiger partial charge in [-0.2, -0.15) is 0 Å². The summed E-state index contributed by atoms with van der Waals surface area (Å²) < 4.78 is 32.3. The number of fused-ring (bicyclic) bond motifs is 2. The number of aryl methyl sites for hydroxylation is 2. The van der Waals surface area contributed by atoms with Crippen molar-refractivity contribution in [1.29, 1.82) is 0 Å². The topological polar surface area (TPSA) is 82.1 Å². The molecule has 39 heavy (non-hydrogen) atoms. The zero-order valence-electron chi connectivity index (χ0n) is 21.9. The number of carbonyl (C=O) groups is 2. The van der Waals surface area contributed by atoms with E-state index in [0.717, 1.165) is 44.5 Å². The number of carbonyl (C=O) groups excluding carboxylic acids is 1. The fourth-order valence-electron chi connectivity index (χ4n) is 6.22. The molecule has 0 saturated heterocycles. The van der Waals surface area contributed by atoms with Crippen LogP contribution in [-0.2, 0) is 20.7 Å². The van der Waals surface area contributed by atoms with Crippen LogP contribution in [0.5, 0.6) is 11.5 Å². The molecule has 200 valence electrons. The Morgan fingerprint density at radius 1 is 1.08 bits per heavy atom. The number of hydrogen-bond acceptors (Lipinski definition) is 5. The van der Waals surface area contributed by atoms with Crippen LogP contribution < -0.4 is 9.47 Å². The molecule has 0 spiro atoms. The maximum atomic E-state index is 15.3. The summed E-state index contributed by atoms with van der Waals surface area (Å²) in [7, 11) is 0. The minimum atomic E-state index is -0.860. The van der Waals surface area contributed by atoms with Crippen molar-refractivity contribution in [1.82, 2.24) is 0 Å². The molecule has 6 nitrogen and oxygen atoms in total. The molecule has 1 N–H and O–H groups in total. The Balaban J connectivity index is 1.30. The first-order valence-electron chi connectivity index (χ1n) is 13.2. The standard InChI is InChI=1S/C32H29FO6/c1-17-11-20(19-9-10-37-30(36)14-19)12-18(2)31(17)24-5-7-26(33)32-25(24)6-8-27(32)39-22-3-4-23-21(13-29(34)35)16-38-28(23)15-22/h3-5,7,11-12,14-15,21,27H,6,8-10,13,16H2,1-2H3,(H,34,35)/t21?,27-/m1/s1. The van der Waals surface area contributed by atoms with Crippen molar-refractivity contribution < 1.29 is 33.3 Å². The lowest BCUT2D eigenvalue weighted by molar-refractivity contribution is -0.138. The number of benzene rings is 3. The molecule has 2 aliphatic heterocycles. The highest BCUT2D eigenvalue weighted by atomic mass is 19.1. The lowest BCUT2D eigenvalue weighted by Gasteiger charge is -2.20. The molecule has 6 rings (SSSR count). The summed E-state index contributed by atoms with van der Waals surface area (Å²) in [6.45, 7) is 4.81. The van der Waals surface area contributed by atoms with E-state index in [-0.39, 0.29) is 24.1 Å². The van der Waals surface area contributed by atoms with Gasteiger partial charge in [0.1, 0.15) is 23.4 Å². The van der Waals surface area contributed by atoms with Crippen molar-refractivity contribution in [2.45, 2.75) is 51.6 Å². The van der Waals surface area contributed by atoms with E-state index in [4.69, 9.17) is 19.3 Å². The number of ether oxygens (including phenoxy) is 3. The van der Waals surface area contributed by atoms with Crippen molar-refractivity contribution in [2.75, 3.05) is 13.2 Å². The molecule has 0 radical (unpaired) electrons. The van der Waals surface area contributed by atoms with Crippen molar-refractivity contribution in [3.63, 3.8) is 0 Å². The predicted molar refractivity (Wildman–Crippen MR) is 143 cm³/mol. The Bertz CT molecular complexity index is 1510. The summed E-state index contributed by atoms with van der Waals surface area (Å²) in [4.78, 5) is 22.9. The summed E-state index contributed by atoms with van der Waals surface area (Å²) in [6.07, 6.45) is 3.16. The number of hydrogen-bond donors (Lipinski definition) is 1. The largest absolute Gasteiger partial charge is 0.492 e. The number of cyclic esters (lactones) is 1. The van der Waals surface area contributed by atoms with E-state index in [1.165, 1.54) is 6.07 Å². The molecule has 7 heteroatoms. The highest BCUT2D eigenvalue weighted by Gasteiger charge is 2.32. The Morgan fingerprint density at radius 2 is 1.87 bits per heavy atom. The van der Waals surface area contributed by atoms with Crippen LogP contribution in [0.3, 0.4) is 0 Å². The van der Waals surface area contributed by atoms with Gasteiger partial charge in [0.15, 0.2) is 0 Å². The lowest BCUT2D eigenvalue weighted by Crippen LogP contribution is -2.10. The van der Waals surface area contributed by atoms with Crippen molar-refractivity contribution in [3.8, 4) is 22.6 Å². The predicted octanol–water partition coefficient (Wildman–Crippen LogP) is 6.46. The smallest absolute Gasteiger partial charge is 0.331 e. The van der Waals surface area contributed by atoms with Gasteiger partial charge in [0.05, 0.1) is 19.6 Å². The van der Waals surface area contributed by atoms with Crippen LogP contribution in [-0.4, -0.2) is 30.3 Å². The van der Waals surface area contributed by atoms with E-state index in [2.05, 4.69) is 12.1 Å². The lowest BCUT2D eigenvalue weighted by atomic mass is 9.87. The number of esters is 1. The van der Waals surface area contributed by atoms with Crippen molar-refractivity contribution in [3.05, 3.63) is 87.7 Å². The normalized spacial score (nSPS) is 19.6. The fourth-order valence-corrected chi connectivity index (χ4v) is 6.22. The summed E-state index contributed by atoms with van der Waals surface area (Å²) >= 11 is 0. The summed E-state index contributed by atoms with van der Waals surface area (Å²) in [5.74, 6) is -0.440. The maximum absolute atomic E-state index is 15.3. The molecule has 0 aromatic heterocycles. The van der Waals surface area contributed by atoms with Gasteiger partial charge >= 0.3 is 11.9 Å². The first-order valence-corrected chi connectivity index (χ1v) is 13.2. The van der Waals surface area contributed by atoms with Gasteiger partial charge in [-0.05, 0) is 77.8 Å². The minimum absolute atomic E-state index is 0.0150. The highest BCUT2D eigenvalue weighted by Crippen LogP contribution is 2.45. The third-order valence-corrected chi connectivity index (χ3v) is 7.93. The van der Waals surface area contributed by atoms with Crippen LogP contribution in [0.4, 0.5) is 4.39 Å². The van der Waals surface area contributed by atoms with E-state index in [1.807, 2.05) is 32.0 Å². The quantitative estimate of drug-likeness (QED) is 0.370. The number of carboxylic acids is 1. The fraction of sp³-hybridized carbons (Fsp3) is 0.312. The van der Waals surface area contributed by atoms with Crippen LogP contribution in [0.2, 0.25) is 0 Å². The zero-order valence-corrected chi connectivity index (χ0v) is 21.9. The number of aliphatic carboxylic acids is 1. The molecule has 0 fully saturated rings. The number of halogens is 1. The van der Waals surface area contributed by atoms with Gasteiger partial charge in [0, 0.05) is 35.6 Å². The average molecular weight is 529 g/mol. The van der Waals surface area contributed by atoms with Crippen LogP contribution in [0.25, 0.3) is 16.7 Å². The summed E-state index contributed by atoms with van der Waals surface area (Å²) in [6, 6.07) is 13.0. The van der Waals surface area contributed by atoms with Gasteiger partial charge in [0.2, 0.25) is 0 Å². The zero-order chi connectivity index (χ0) is 27.3. The Labute approximate surface area is 226 Å². The van der Waals surface area contributed by atoms with Gasteiger partial charge in [-0.1, -0.05) is 24.3 Å². The average Bonchev–Trinajstić information content (AvgIpc) is 3.49. The molecule has 3 aromatic carbocycles. The Hall–Kier alpha value is -4.13. The first kappa shape index (κ1) is 25.2. The third kappa shape index (κ3) is 4.67. The highest BCUT2D eigenvalue weighted by molar-refractivity contribution is 5.93. The van der Waals surface area contributed by atoms with Crippen molar-refractivity contribution in [2.24, 2.45) is 0 Å². The molecule has 2 heterocycles. The van der Waals surface area contributed by atoms with Gasteiger partial charge in [-0.25, -0.2) is 9.18 Å². The van der Waals surface area contributed by atoms with Gasteiger partial charge in [0.25, 0.3) is 0 Å². The molecular weight excluding hydrogens is 499 g/mol. The second-order valence-corrected chi connectivity index (χ2v) is 10.5. The monoisotopic (exact) mass is 528 g/mol. The van der Waals surface area contributed by atoms with E-state index in [0.29, 0.717) is 49.5 Å². The molecule has 2 atom stereocenters. The van der Waals surface area contributed by atoms with Crippen LogP contribution in [0.1, 0.15) is 64.7 Å². The van der Waals surface area contributed by atoms with E-state index >= 15 is 4.39 Å². The van der Waals surface area contributed by atoms with Gasteiger partial charge in [-0.15, -0.1) is 0 Å². The SMILES string of the molecule is Cc1cc(C2=CC(=O)OCC2)cc(C)c1-c1ccc(F)c2c1CC[C@H]2Oc1ccc2c(c1)OCC2CC(=O)O. The van der Waals surface area contributed by atoms with Crippen molar-refractivity contribution >= 4 is 17.5 Å². The molecule has 3 aliphatic rings. The third-order valence-electron chi connectivity index (χ3n) is 7.93. The molecule has 0 saturated carbocycles. The van der Waals surface area contributed by atoms with Crippen LogP contribution in [0.15, 0.2) is 48.5 Å². The van der Waals surface area contributed by atoms with E-state index in [1.54, 1.807) is 12.1 Å². The molecule has 1 aliphatic carbocycles. The van der Waals surface area contributed by atoms with Crippen LogP contribution in [0, 0.1) is 19.7 Å². The van der Waals surface area contributed by atoms with Crippen LogP contribution >= 0.6 is 0 Å². The number of rotatable bonds is 6. The Kier molecular flexibility index (Phi) is 6.37. The summed E-state index contributed by atoms with van der Waals surface area (Å²) in [5.41, 5.74) is 8.58. The Morgan fingerprint density at radius 3 is 2.62 bits per heavy atom. The first-order chi connectivity index (χ1) is 18.8. The maximum Gasteiger partial charge on any atom is 0.331 e.